The second kappa shape index (κ2) is 11.2. The van der Waals surface area contributed by atoms with Gasteiger partial charge in [-0.05, 0) is 71.7 Å². The molecule has 1 atom stereocenters. The average molecular weight is 456 g/mol. The number of carbonyl (C=O) groups excluding carboxylic acids is 2. The monoisotopic (exact) mass is 455 g/mol. The zero-order chi connectivity index (χ0) is 24.6. The molecule has 6 heteroatoms. The zero-order valence-corrected chi connectivity index (χ0v) is 20.9. The average Bonchev–Trinajstić information content (AvgIpc) is 2.68. The van der Waals surface area contributed by atoms with Crippen LogP contribution in [0, 0.1) is 6.92 Å². The fourth-order valence-corrected chi connectivity index (χ4v) is 3.05. The van der Waals surface area contributed by atoms with Gasteiger partial charge in [0, 0.05) is 12.8 Å². The molecule has 1 N–H and O–H groups in total. The van der Waals surface area contributed by atoms with E-state index in [1.54, 1.807) is 20.8 Å². The molecule has 0 aliphatic heterocycles. The molecule has 0 aromatic heterocycles. The fraction of sp³-hybridized carbons (Fsp3) is 0.481. The van der Waals surface area contributed by atoms with Crippen LogP contribution >= 0.6 is 0 Å². The van der Waals surface area contributed by atoms with E-state index in [0.717, 1.165) is 16.9 Å². The van der Waals surface area contributed by atoms with Crippen molar-refractivity contribution in [3.05, 3.63) is 65.2 Å². The van der Waals surface area contributed by atoms with Crippen LogP contribution in [0.1, 0.15) is 58.2 Å². The first kappa shape index (κ1) is 26.2. The largest absolute Gasteiger partial charge is 0.488 e. The summed E-state index contributed by atoms with van der Waals surface area (Å²) >= 11 is 0. The van der Waals surface area contributed by atoms with Gasteiger partial charge < -0.3 is 19.5 Å². The first-order chi connectivity index (χ1) is 15.3. The van der Waals surface area contributed by atoms with Crippen molar-refractivity contribution in [3.8, 4) is 5.75 Å². The summed E-state index contributed by atoms with van der Waals surface area (Å²) < 4.78 is 16.7. The summed E-state index contributed by atoms with van der Waals surface area (Å²) in [4.78, 5) is 25.2. The lowest BCUT2D eigenvalue weighted by molar-refractivity contribution is -0.157. The molecular weight excluding hydrogens is 418 g/mol. The van der Waals surface area contributed by atoms with E-state index >= 15 is 0 Å². The normalized spacial score (nSPS) is 12.6. The number of ether oxygens (including phenoxy) is 3. The number of hydrogen-bond donors (Lipinski definition) is 1. The third-order valence-corrected chi connectivity index (χ3v) is 4.52. The quantitative estimate of drug-likeness (QED) is 0.540. The maximum absolute atomic E-state index is 12.8. The Morgan fingerprint density at radius 2 is 1.42 bits per heavy atom. The molecule has 2 aromatic rings. The Morgan fingerprint density at radius 3 is 1.97 bits per heavy atom. The standard InChI is InChI=1S/C27H37NO5/c1-19-8-10-20(11-9-19)16-17-31-25(30)28-23(24(29)33-27(5,6)7)18-21-12-14-22(15-13-21)32-26(2,3)4/h8-15,23H,16-18H2,1-7H3,(H,28,30). The van der Waals surface area contributed by atoms with Gasteiger partial charge >= 0.3 is 12.1 Å². The summed E-state index contributed by atoms with van der Waals surface area (Å²) in [5.41, 5.74) is 2.15. The van der Waals surface area contributed by atoms with Crippen LogP contribution in [0.5, 0.6) is 5.75 Å². The Balaban J connectivity index is 2.00. The lowest BCUT2D eigenvalue weighted by Crippen LogP contribution is -2.45. The van der Waals surface area contributed by atoms with Gasteiger partial charge in [-0.1, -0.05) is 42.0 Å². The van der Waals surface area contributed by atoms with Crippen LogP contribution < -0.4 is 10.1 Å². The van der Waals surface area contributed by atoms with Crippen molar-refractivity contribution in [1.29, 1.82) is 0 Å². The van der Waals surface area contributed by atoms with Crippen molar-refractivity contribution in [3.63, 3.8) is 0 Å². The first-order valence-electron chi connectivity index (χ1n) is 11.3. The Labute approximate surface area is 197 Å². The highest BCUT2D eigenvalue weighted by atomic mass is 16.6. The molecule has 33 heavy (non-hydrogen) atoms. The van der Waals surface area contributed by atoms with E-state index in [2.05, 4.69) is 5.32 Å². The highest BCUT2D eigenvalue weighted by molar-refractivity contribution is 5.82. The van der Waals surface area contributed by atoms with E-state index in [9.17, 15) is 9.59 Å². The maximum atomic E-state index is 12.8. The second-order valence-electron chi connectivity index (χ2n) is 10.2. The number of rotatable bonds is 8. The molecule has 0 saturated carbocycles. The van der Waals surface area contributed by atoms with Gasteiger partial charge in [0.1, 0.15) is 23.0 Å². The minimum absolute atomic E-state index is 0.217. The molecule has 0 radical (unpaired) electrons. The third kappa shape index (κ3) is 10.4. The molecule has 1 amide bonds. The molecule has 2 rings (SSSR count). The number of alkyl carbamates (subject to hydrolysis) is 1. The Bertz CT molecular complexity index is 906. The molecular formula is C27H37NO5. The van der Waals surface area contributed by atoms with Crippen molar-refractivity contribution < 1.29 is 23.8 Å². The van der Waals surface area contributed by atoms with Gasteiger partial charge in [0.25, 0.3) is 0 Å². The van der Waals surface area contributed by atoms with Crippen molar-refractivity contribution in [2.24, 2.45) is 0 Å². The molecule has 0 saturated heterocycles. The lowest BCUT2D eigenvalue weighted by atomic mass is 10.1. The summed E-state index contributed by atoms with van der Waals surface area (Å²) in [7, 11) is 0. The molecule has 0 heterocycles. The van der Waals surface area contributed by atoms with E-state index in [-0.39, 0.29) is 18.6 Å². The van der Waals surface area contributed by atoms with E-state index in [0.29, 0.717) is 6.42 Å². The van der Waals surface area contributed by atoms with Gasteiger partial charge in [0.05, 0.1) is 6.61 Å². The number of carbonyl (C=O) groups is 2. The van der Waals surface area contributed by atoms with E-state index in [1.165, 1.54) is 5.56 Å². The molecule has 2 aromatic carbocycles. The van der Waals surface area contributed by atoms with Crippen LogP contribution in [0.25, 0.3) is 0 Å². The number of nitrogens with one attached hydrogen (secondary N) is 1. The van der Waals surface area contributed by atoms with Crippen molar-refractivity contribution in [1.82, 2.24) is 5.32 Å². The first-order valence-corrected chi connectivity index (χ1v) is 11.3. The molecule has 180 valence electrons. The summed E-state index contributed by atoms with van der Waals surface area (Å²) in [5.74, 6) is 0.233. The number of esters is 1. The van der Waals surface area contributed by atoms with Crippen LogP contribution in [0.2, 0.25) is 0 Å². The number of benzene rings is 2. The van der Waals surface area contributed by atoms with Crippen LogP contribution in [-0.4, -0.2) is 35.9 Å². The van der Waals surface area contributed by atoms with Crippen LogP contribution in [0.3, 0.4) is 0 Å². The molecule has 0 bridgehead atoms. The van der Waals surface area contributed by atoms with Gasteiger partial charge in [-0.15, -0.1) is 0 Å². The van der Waals surface area contributed by atoms with Crippen LogP contribution in [0.4, 0.5) is 4.79 Å². The summed E-state index contributed by atoms with van der Waals surface area (Å²) in [6.45, 7) is 13.6. The molecule has 0 aliphatic carbocycles. The Hall–Kier alpha value is -3.02. The van der Waals surface area contributed by atoms with Gasteiger partial charge in [-0.2, -0.15) is 0 Å². The highest BCUT2D eigenvalue weighted by Crippen LogP contribution is 2.20. The van der Waals surface area contributed by atoms with Gasteiger partial charge in [-0.25, -0.2) is 9.59 Å². The van der Waals surface area contributed by atoms with Gasteiger partial charge in [-0.3, -0.25) is 0 Å². The maximum Gasteiger partial charge on any atom is 0.407 e. The predicted octanol–water partition coefficient (Wildman–Crippen LogP) is 5.39. The topological polar surface area (TPSA) is 73.9 Å². The SMILES string of the molecule is Cc1ccc(CCOC(=O)NC(Cc2ccc(OC(C)(C)C)cc2)C(=O)OC(C)(C)C)cc1. The van der Waals surface area contributed by atoms with E-state index in [4.69, 9.17) is 14.2 Å². The zero-order valence-electron chi connectivity index (χ0n) is 20.9. The van der Waals surface area contributed by atoms with Crippen LogP contribution in [0.15, 0.2) is 48.5 Å². The number of hydrogen-bond acceptors (Lipinski definition) is 5. The second-order valence-corrected chi connectivity index (χ2v) is 10.2. The fourth-order valence-electron chi connectivity index (χ4n) is 3.05. The minimum Gasteiger partial charge on any atom is -0.488 e. The highest BCUT2D eigenvalue weighted by Gasteiger charge is 2.27. The van der Waals surface area contributed by atoms with Gasteiger partial charge in [0.15, 0.2) is 0 Å². The van der Waals surface area contributed by atoms with Crippen molar-refractivity contribution >= 4 is 12.1 Å². The number of amides is 1. The molecule has 0 aliphatic rings. The van der Waals surface area contributed by atoms with E-state index < -0.39 is 23.7 Å². The third-order valence-electron chi connectivity index (χ3n) is 4.52. The summed E-state index contributed by atoms with van der Waals surface area (Å²) in [6, 6.07) is 14.6. The van der Waals surface area contributed by atoms with Crippen LogP contribution in [-0.2, 0) is 27.1 Å². The van der Waals surface area contributed by atoms with Crippen molar-refractivity contribution in [2.45, 2.75) is 78.6 Å². The molecule has 1 unspecified atom stereocenters. The predicted molar refractivity (Wildman–Crippen MR) is 130 cm³/mol. The molecule has 0 fully saturated rings. The molecule has 6 nitrogen and oxygen atoms in total. The molecule has 0 spiro atoms. The smallest absolute Gasteiger partial charge is 0.407 e. The number of aryl methyl sites for hydroxylation is 1. The summed E-state index contributed by atoms with van der Waals surface area (Å²) in [6.07, 6.45) is 0.225. The van der Waals surface area contributed by atoms with Crippen molar-refractivity contribution in [2.75, 3.05) is 6.61 Å². The Kier molecular flexibility index (Phi) is 8.91. The van der Waals surface area contributed by atoms with Gasteiger partial charge in [0.2, 0.25) is 0 Å². The summed E-state index contributed by atoms with van der Waals surface area (Å²) in [5, 5.41) is 2.67. The Morgan fingerprint density at radius 1 is 0.848 bits per heavy atom. The van der Waals surface area contributed by atoms with E-state index in [1.807, 2.05) is 76.2 Å². The minimum atomic E-state index is -0.870. The lowest BCUT2D eigenvalue weighted by Gasteiger charge is -2.25.